The summed E-state index contributed by atoms with van der Waals surface area (Å²) >= 11 is 0. The zero-order valence-electron chi connectivity index (χ0n) is 33.1. The van der Waals surface area contributed by atoms with E-state index in [1.54, 1.807) is 65.0 Å². The van der Waals surface area contributed by atoms with E-state index >= 15 is 0 Å². The summed E-state index contributed by atoms with van der Waals surface area (Å²) in [5.41, 5.74) is 13.0. The van der Waals surface area contributed by atoms with E-state index in [9.17, 15) is 38.7 Å². The maximum atomic E-state index is 14.4. The Balaban J connectivity index is 1.74. The van der Waals surface area contributed by atoms with Crippen LogP contribution in [0.25, 0.3) is 0 Å². The third-order valence-corrected chi connectivity index (χ3v) is 10.5. The van der Waals surface area contributed by atoms with Gasteiger partial charge in [-0.05, 0) is 61.3 Å². The molecular formula is C39H59N9O8. The highest BCUT2D eigenvalue weighted by atomic mass is 16.4. The van der Waals surface area contributed by atoms with Gasteiger partial charge in [0, 0.05) is 25.8 Å². The standard InChI is InChI=1S/C39H59N9O8/c1-6-13-27(34(50)37(53)43-28(39(55)56)20-24-14-8-7-9-15-24)42-36(52)33-26-17-12-16-25(26)21-48(33)38(54)32(23(4)5)45-35(51)31(22(2)3)44-30(49)19-11-10-18-29(40)46-47-41/h7-9,14-15,22-23,25-28,31-33H,6,10-13,16-21H2,1-5H3,(H,42,52)(H,43,53)(H,44,49)(H,45,51)(H,55,56)(H3,40,41,46)/t25-,26-,27?,28+,31+,32-,33?/m0/s1. The molecule has 17 nitrogen and oxygen atoms in total. The molecule has 1 aliphatic heterocycles. The topological polar surface area (TPSA) is 266 Å². The van der Waals surface area contributed by atoms with Crippen LogP contribution in [-0.2, 0) is 40.0 Å². The van der Waals surface area contributed by atoms with Crippen molar-refractivity contribution in [1.82, 2.24) is 26.2 Å². The first-order valence-electron chi connectivity index (χ1n) is 19.6. The molecule has 0 bridgehead atoms. The number of amides is 5. The van der Waals surface area contributed by atoms with Crippen molar-refractivity contribution in [2.75, 3.05) is 6.54 Å². The minimum Gasteiger partial charge on any atom is -0.480 e. The second kappa shape index (κ2) is 21.8. The van der Waals surface area contributed by atoms with E-state index in [4.69, 9.17) is 11.3 Å². The van der Waals surface area contributed by atoms with Crippen LogP contribution in [0.5, 0.6) is 0 Å². The van der Waals surface area contributed by atoms with Crippen molar-refractivity contribution in [3.8, 4) is 0 Å². The molecule has 17 heteroatoms. The van der Waals surface area contributed by atoms with Gasteiger partial charge in [-0.3, -0.25) is 28.8 Å². The molecule has 2 aliphatic rings. The molecule has 1 aliphatic carbocycles. The van der Waals surface area contributed by atoms with Gasteiger partial charge >= 0.3 is 5.97 Å². The number of carboxylic acids is 1. The van der Waals surface area contributed by atoms with Gasteiger partial charge in [-0.1, -0.05) is 83.0 Å². The lowest BCUT2D eigenvalue weighted by Crippen LogP contribution is -2.60. The van der Waals surface area contributed by atoms with Gasteiger partial charge < -0.3 is 37.0 Å². The fourth-order valence-corrected chi connectivity index (χ4v) is 7.54. The minimum atomic E-state index is -1.37. The van der Waals surface area contributed by atoms with Crippen LogP contribution in [0, 0.1) is 29.2 Å². The molecule has 7 atom stereocenters. The Morgan fingerprint density at radius 1 is 0.893 bits per heavy atom. The van der Waals surface area contributed by atoms with Gasteiger partial charge in [0.05, 0.1) is 6.04 Å². The fraction of sp³-hybridized carbons (Fsp3) is 0.641. The van der Waals surface area contributed by atoms with Crippen LogP contribution in [0.2, 0.25) is 0 Å². The number of hydrogen-bond acceptors (Lipinski definition) is 9. The van der Waals surface area contributed by atoms with Gasteiger partial charge in [0.25, 0.3) is 5.91 Å². The van der Waals surface area contributed by atoms with Crippen LogP contribution >= 0.6 is 0 Å². The Hall–Kier alpha value is -5.22. The normalized spacial score (nSPS) is 20.0. The van der Waals surface area contributed by atoms with Gasteiger partial charge in [-0.2, -0.15) is 5.53 Å². The summed E-state index contributed by atoms with van der Waals surface area (Å²) in [6, 6.07) is 3.12. The van der Waals surface area contributed by atoms with Crippen molar-refractivity contribution in [3.05, 3.63) is 35.9 Å². The summed E-state index contributed by atoms with van der Waals surface area (Å²) in [5, 5.41) is 26.8. The first-order valence-corrected chi connectivity index (χ1v) is 19.6. The molecule has 1 aromatic carbocycles. The number of fused-ring (bicyclic) bond motifs is 1. The summed E-state index contributed by atoms with van der Waals surface area (Å²) in [7, 11) is 0. The third kappa shape index (κ3) is 12.7. The molecule has 2 fully saturated rings. The molecule has 0 aromatic heterocycles. The van der Waals surface area contributed by atoms with Crippen molar-refractivity contribution >= 4 is 47.1 Å². The van der Waals surface area contributed by atoms with E-state index in [0.717, 1.165) is 12.8 Å². The summed E-state index contributed by atoms with van der Waals surface area (Å²) in [6.07, 6.45) is 4.33. The van der Waals surface area contributed by atoms with Crippen LogP contribution in [0.1, 0.15) is 98.0 Å². The highest BCUT2D eigenvalue weighted by Crippen LogP contribution is 2.42. The molecule has 5 amide bonds. The molecule has 1 saturated heterocycles. The van der Waals surface area contributed by atoms with Crippen LogP contribution in [0.4, 0.5) is 0 Å². The Morgan fingerprint density at radius 3 is 2.16 bits per heavy atom. The van der Waals surface area contributed by atoms with Crippen LogP contribution in [-0.4, -0.2) is 93.9 Å². The summed E-state index contributed by atoms with van der Waals surface area (Å²) < 4.78 is 0. The third-order valence-electron chi connectivity index (χ3n) is 10.5. The second-order valence-electron chi connectivity index (χ2n) is 15.5. The molecule has 308 valence electrons. The number of aliphatic carboxylic acids is 1. The van der Waals surface area contributed by atoms with E-state index in [1.807, 2.05) is 0 Å². The number of Topliss-reactive ketones (excluding diaryl/α,β-unsaturated/α-hetero) is 1. The zero-order valence-corrected chi connectivity index (χ0v) is 33.1. The lowest BCUT2D eigenvalue weighted by molar-refractivity contribution is -0.146. The number of likely N-dealkylation sites (tertiary alicyclic amines) is 1. The monoisotopic (exact) mass is 781 g/mol. The zero-order chi connectivity index (χ0) is 41.5. The number of nitrogens with zero attached hydrogens (tertiary/aromatic N) is 3. The number of nitrogens with two attached hydrogens (primary N) is 1. The number of amidine groups is 1. The lowest BCUT2D eigenvalue weighted by Gasteiger charge is -2.34. The largest absolute Gasteiger partial charge is 0.480 e. The number of carboxylic acid groups (broad SMARTS) is 1. The maximum absolute atomic E-state index is 14.4. The number of ketones is 1. The highest BCUT2D eigenvalue weighted by molar-refractivity contribution is 6.38. The Labute approximate surface area is 328 Å². The first kappa shape index (κ1) is 45.2. The van der Waals surface area contributed by atoms with Crippen molar-refractivity contribution in [3.63, 3.8) is 0 Å². The molecule has 3 rings (SSSR count). The Kier molecular flexibility index (Phi) is 17.6. The number of carbonyl (C=O) groups excluding carboxylic acids is 6. The van der Waals surface area contributed by atoms with E-state index in [2.05, 4.69) is 31.6 Å². The molecule has 56 heavy (non-hydrogen) atoms. The maximum Gasteiger partial charge on any atom is 0.326 e. The summed E-state index contributed by atoms with van der Waals surface area (Å²) in [6.45, 7) is 9.17. The molecule has 0 spiro atoms. The van der Waals surface area contributed by atoms with Gasteiger partial charge in [0.1, 0.15) is 30.0 Å². The predicted octanol–water partition coefficient (Wildman–Crippen LogP) is 2.42. The molecule has 1 aromatic rings. The van der Waals surface area contributed by atoms with Crippen molar-refractivity contribution in [2.45, 2.75) is 129 Å². The van der Waals surface area contributed by atoms with E-state index in [-0.39, 0.29) is 55.3 Å². The smallest absolute Gasteiger partial charge is 0.326 e. The molecule has 8 N–H and O–H groups in total. The molecule has 1 saturated carbocycles. The van der Waals surface area contributed by atoms with Gasteiger partial charge in [-0.15, -0.1) is 5.10 Å². The summed E-state index contributed by atoms with van der Waals surface area (Å²) in [4.78, 5) is 95.1. The number of hydrogen-bond donors (Lipinski definition) is 7. The number of unbranched alkanes of at least 4 members (excludes halogenated alkanes) is 1. The Morgan fingerprint density at radius 2 is 1.55 bits per heavy atom. The van der Waals surface area contributed by atoms with Gasteiger partial charge in [0.15, 0.2) is 0 Å². The molecule has 1 heterocycles. The molecule has 2 unspecified atom stereocenters. The first-order chi connectivity index (χ1) is 26.6. The fourth-order valence-electron chi connectivity index (χ4n) is 7.54. The minimum absolute atomic E-state index is 0.0295. The average Bonchev–Trinajstić information content (AvgIpc) is 3.75. The summed E-state index contributed by atoms with van der Waals surface area (Å²) in [5.74, 6) is -6.05. The van der Waals surface area contributed by atoms with E-state index in [1.165, 1.54) is 4.90 Å². The second-order valence-corrected chi connectivity index (χ2v) is 15.5. The molecular weight excluding hydrogens is 722 g/mol. The van der Waals surface area contributed by atoms with Crippen LogP contribution in [0.15, 0.2) is 40.7 Å². The number of benzene rings is 1. The van der Waals surface area contributed by atoms with E-state index in [0.29, 0.717) is 37.7 Å². The average molecular weight is 782 g/mol. The van der Waals surface area contributed by atoms with Crippen molar-refractivity contribution in [2.24, 2.45) is 39.7 Å². The lowest BCUT2D eigenvalue weighted by atomic mass is 9.92. The number of carbonyl (C=O) groups is 7. The van der Waals surface area contributed by atoms with E-state index < -0.39 is 71.5 Å². The quantitative estimate of drug-likeness (QED) is 0.0227. The van der Waals surface area contributed by atoms with Crippen LogP contribution in [0.3, 0.4) is 0 Å². The van der Waals surface area contributed by atoms with Gasteiger partial charge in [0.2, 0.25) is 29.4 Å². The Bertz CT molecular complexity index is 1600. The van der Waals surface area contributed by atoms with Crippen LogP contribution < -0.4 is 27.0 Å². The highest BCUT2D eigenvalue weighted by Gasteiger charge is 2.51. The predicted molar refractivity (Wildman–Crippen MR) is 207 cm³/mol. The number of rotatable bonds is 22. The SMILES string of the molecule is CCCC(NC(=O)C1[C@H]2CCC[C@H]2CN1C(=O)[C@@H](NC(=O)[C@H](NC(=O)CCCC/C(N)=N/N=N)C(C)C)C(C)C)C(=O)C(=O)N[C@H](Cc1ccccc1)C(=O)O. The van der Waals surface area contributed by atoms with Crippen molar-refractivity contribution in [1.29, 1.82) is 5.53 Å². The van der Waals surface area contributed by atoms with Gasteiger partial charge in [-0.25, -0.2) is 4.79 Å². The molecule has 0 radical (unpaired) electrons. The number of nitrogens with one attached hydrogen (secondary N) is 5. The van der Waals surface area contributed by atoms with Crippen molar-refractivity contribution < 1.29 is 38.7 Å².